The second-order valence-corrected chi connectivity index (χ2v) is 16.2. The first-order valence-corrected chi connectivity index (χ1v) is 19.8. The summed E-state index contributed by atoms with van der Waals surface area (Å²) >= 11 is 0. The maximum atomic E-state index is 12.2. The molecule has 0 aromatic heterocycles. The molecule has 0 aliphatic carbocycles. The normalized spacial score (nSPS) is 19.5. The van der Waals surface area contributed by atoms with Crippen LogP contribution in [-0.4, -0.2) is 87.3 Å². The number of likely N-dealkylation sites (N-methyl/N-ethyl adjacent to an activating group) is 1. The Balaban J connectivity index is 1.71. The van der Waals surface area contributed by atoms with Gasteiger partial charge in [0.1, 0.15) is 16.7 Å². The van der Waals surface area contributed by atoms with Crippen molar-refractivity contribution in [3.63, 3.8) is 0 Å². The zero-order chi connectivity index (χ0) is 37.6. The summed E-state index contributed by atoms with van der Waals surface area (Å²) in [6.45, 7) is 10.4. The second-order valence-electron chi connectivity index (χ2n) is 13.4. The molecule has 4 rings (SSSR count). The molecule has 0 saturated heterocycles. The summed E-state index contributed by atoms with van der Waals surface area (Å²) in [5.74, 6) is -0.843. The van der Waals surface area contributed by atoms with Crippen molar-refractivity contribution < 1.29 is 49.9 Å². The first-order chi connectivity index (χ1) is 24.0. The fourth-order valence-electron chi connectivity index (χ4n) is 6.95. The highest BCUT2D eigenvalue weighted by molar-refractivity contribution is 7.86. The maximum absolute atomic E-state index is 12.2. The molecule has 1 atom stereocenters. The predicted molar refractivity (Wildman–Crippen MR) is 194 cm³/mol. The number of rotatable bonds is 18. The fourth-order valence-corrected chi connectivity index (χ4v) is 7.95. The van der Waals surface area contributed by atoms with E-state index < -0.39 is 37.0 Å². The number of unbranched alkanes of at least 4 members (excludes halogenated alkanes) is 2. The highest BCUT2D eigenvalue weighted by atomic mass is 32.2. The van der Waals surface area contributed by atoms with Crippen molar-refractivity contribution in [2.75, 3.05) is 44.9 Å². The fraction of sp³-hybridized carbons (Fsp3) is 0.459. The van der Waals surface area contributed by atoms with Gasteiger partial charge in [0.2, 0.25) is 5.69 Å². The minimum Gasteiger partial charge on any atom is -0.744 e. The number of methoxy groups -OCH3 is 1. The van der Waals surface area contributed by atoms with Gasteiger partial charge in [-0.15, -0.1) is 0 Å². The SMILES string of the molecule is CCN1/C(=C/C=C/C=C/C2=[N+](CCCCCC(=O)O)c3ccc(S(=O)(=O)O)cc3C2(C)CCOCCOC)C(C)(C)c2cc(S(=O)(=O)[O-])ccc21. The topological polar surface area (TPSA) is 174 Å². The average molecular weight is 745 g/mol. The van der Waals surface area contributed by atoms with Crippen molar-refractivity contribution in [2.45, 2.75) is 80.4 Å². The van der Waals surface area contributed by atoms with E-state index in [2.05, 4.69) is 9.48 Å². The van der Waals surface area contributed by atoms with E-state index in [1.807, 2.05) is 58.1 Å². The van der Waals surface area contributed by atoms with E-state index >= 15 is 0 Å². The van der Waals surface area contributed by atoms with Crippen molar-refractivity contribution in [3.8, 4) is 0 Å². The smallest absolute Gasteiger partial charge is 0.303 e. The van der Waals surface area contributed by atoms with Gasteiger partial charge in [-0.2, -0.15) is 13.0 Å². The lowest BCUT2D eigenvalue weighted by Gasteiger charge is -2.25. The van der Waals surface area contributed by atoms with E-state index in [0.29, 0.717) is 58.6 Å². The number of aliphatic carboxylic acids is 1. The Bertz CT molecular complexity index is 1960. The lowest BCUT2D eigenvalue weighted by molar-refractivity contribution is -0.438. The van der Waals surface area contributed by atoms with Crippen LogP contribution in [0.3, 0.4) is 0 Å². The van der Waals surface area contributed by atoms with Crippen molar-refractivity contribution in [1.82, 2.24) is 0 Å². The molecule has 2 heterocycles. The van der Waals surface area contributed by atoms with E-state index in [1.165, 1.54) is 24.3 Å². The van der Waals surface area contributed by atoms with Crippen LogP contribution in [0.25, 0.3) is 0 Å². The highest BCUT2D eigenvalue weighted by Crippen LogP contribution is 2.48. The molecule has 0 fully saturated rings. The van der Waals surface area contributed by atoms with Crippen LogP contribution < -0.4 is 4.90 Å². The Morgan fingerprint density at radius 2 is 1.65 bits per heavy atom. The van der Waals surface area contributed by atoms with Gasteiger partial charge in [0.15, 0.2) is 5.71 Å². The Kier molecular flexibility index (Phi) is 12.9. The summed E-state index contributed by atoms with van der Waals surface area (Å²) < 4.78 is 82.7. The lowest BCUT2D eigenvalue weighted by atomic mass is 9.76. The Hall–Kier alpha value is -3.66. The number of fused-ring (bicyclic) bond motifs is 2. The molecule has 51 heavy (non-hydrogen) atoms. The van der Waals surface area contributed by atoms with E-state index in [1.54, 1.807) is 19.2 Å². The average Bonchev–Trinajstić information content (AvgIpc) is 3.42. The monoisotopic (exact) mass is 744 g/mol. The number of ether oxygens (including phenoxy) is 2. The van der Waals surface area contributed by atoms with Crippen molar-refractivity contribution >= 4 is 43.3 Å². The molecular formula is C37H48N2O10S2. The molecule has 278 valence electrons. The van der Waals surface area contributed by atoms with Gasteiger partial charge in [0.25, 0.3) is 10.1 Å². The number of hydrogen-bond acceptors (Lipinski definition) is 9. The van der Waals surface area contributed by atoms with Crippen molar-refractivity contribution in [2.24, 2.45) is 0 Å². The number of nitrogens with zero attached hydrogens (tertiary/aromatic N) is 2. The first kappa shape index (κ1) is 40.1. The molecule has 2 aliphatic rings. The van der Waals surface area contributed by atoms with Crippen LogP contribution in [0.2, 0.25) is 0 Å². The number of allylic oxidation sites excluding steroid dienone is 6. The number of carbonyl (C=O) groups is 1. The summed E-state index contributed by atoms with van der Waals surface area (Å²) in [6.07, 6.45) is 12.1. The van der Waals surface area contributed by atoms with Gasteiger partial charge < -0.3 is 24.0 Å². The summed E-state index contributed by atoms with van der Waals surface area (Å²) in [7, 11) is -7.49. The number of benzene rings is 2. The summed E-state index contributed by atoms with van der Waals surface area (Å²) in [5, 5.41) is 9.09. The molecule has 12 nitrogen and oxygen atoms in total. The minimum absolute atomic E-state index is 0.0812. The number of carboxylic acids is 1. The molecule has 1 unspecified atom stereocenters. The Morgan fingerprint density at radius 3 is 2.29 bits per heavy atom. The van der Waals surface area contributed by atoms with E-state index in [4.69, 9.17) is 14.6 Å². The van der Waals surface area contributed by atoms with Crippen LogP contribution in [0.1, 0.15) is 70.9 Å². The van der Waals surface area contributed by atoms with E-state index in [-0.39, 0.29) is 16.2 Å². The highest BCUT2D eigenvalue weighted by Gasteiger charge is 2.48. The second kappa shape index (κ2) is 16.3. The van der Waals surface area contributed by atoms with Gasteiger partial charge >= 0.3 is 5.97 Å². The molecule has 2 aromatic rings. The van der Waals surface area contributed by atoms with Gasteiger partial charge in [0, 0.05) is 67.6 Å². The Morgan fingerprint density at radius 1 is 0.941 bits per heavy atom. The largest absolute Gasteiger partial charge is 0.744 e. The van der Waals surface area contributed by atoms with Gasteiger partial charge in [0.05, 0.1) is 28.4 Å². The zero-order valence-electron chi connectivity index (χ0n) is 29.8. The maximum Gasteiger partial charge on any atom is 0.303 e. The molecule has 14 heteroatoms. The number of hydrogen-bond donors (Lipinski definition) is 2. The molecule has 0 bridgehead atoms. The van der Waals surface area contributed by atoms with E-state index in [9.17, 15) is 30.7 Å². The molecule has 0 radical (unpaired) electrons. The number of anilines is 1. The molecule has 0 amide bonds. The first-order valence-electron chi connectivity index (χ1n) is 17.0. The lowest BCUT2D eigenvalue weighted by Crippen LogP contribution is -2.33. The predicted octanol–water partition coefficient (Wildman–Crippen LogP) is 5.71. The van der Waals surface area contributed by atoms with Gasteiger partial charge in [-0.3, -0.25) is 9.35 Å². The summed E-state index contributed by atoms with van der Waals surface area (Å²) in [5.41, 5.74) is 3.67. The van der Waals surface area contributed by atoms with Gasteiger partial charge in [-0.25, -0.2) is 8.42 Å². The van der Waals surface area contributed by atoms with Crippen molar-refractivity contribution in [1.29, 1.82) is 0 Å². The third-order valence-corrected chi connectivity index (χ3v) is 11.3. The van der Waals surface area contributed by atoms with Gasteiger partial charge in [-0.05, 0) is 75.1 Å². The molecule has 2 N–H and O–H groups in total. The van der Waals surface area contributed by atoms with Gasteiger partial charge in [-0.1, -0.05) is 32.1 Å². The summed E-state index contributed by atoms with van der Waals surface area (Å²) in [6, 6.07) is 9.08. The molecule has 2 aliphatic heterocycles. The third kappa shape index (κ3) is 9.05. The van der Waals surface area contributed by atoms with Crippen molar-refractivity contribution in [3.05, 3.63) is 83.6 Å². The van der Waals surface area contributed by atoms with Crippen LogP contribution >= 0.6 is 0 Å². The van der Waals surface area contributed by atoms with Crippen LogP contribution in [0.4, 0.5) is 11.4 Å². The van der Waals surface area contributed by atoms with Crippen LogP contribution in [0.5, 0.6) is 0 Å². The molecular weight excluding hydrogens is 697 g/mol. The van der Waals surface area contributed by atoms with Crippen LogP contribution in [0, 0.1) is 0 Å². The summed E-state index contributed by atoms with van der Waals surface area (Å²) in [4.78, 5) is 12.7. The zero-order valence-corrected chi connectivity index (χ0v) is 31.4. The third-order valence-electron chi connectivity index (χ3n) is 9.66. The minimum atomic E-state index is -4.61. The Labute approximate surface area is 301 Å². The quantitative estimate of drug-likeness (QED) is 0.0829. The standard InChI is InChI=1S/C37H48N2O10S2/c1-6-38-31-18-16-27(50(42,43)44)25-29(31)36(2,3)33(38)13-9-7-10-14-34-37(4,20-22-49-24-23-48-5)30-26-28(51(45,46)47)17-19-32(30)39(34)21-12-8-11-15-35(40)41/h7,9-10,13-14,16-19,25-26H,6,8,11-12,15,20-24H2,1-5H3,(H2-,40,41,42,43,44,45,46,47). The number of carboxylic acid groups (broad SMARTS) is 1. The molecule has 2 aromatic carbocycles. The molecule has 0 spiro atoms. The van der Waals surface area contributed by atoms with E-state index in [0.717, 1.165) is 33.9 Å². The molecule has 0 saturated carbocycles. The van der Waals surface area contributed by atoms with Crippen LogP contribution in [-0.2, 0) is 45.3 Å². The van der Waals surface area contributed by atoms with Crippen LogP contribution in [0.15, 0.2) is 82.3 Å².